The zero-order chi connectivity index (χ0) is 21.7. The van der Waals surface area contributed by atoms with Gasteiger partial charge in [0.05, 0.1) is 13.7 Å². The smallest absolute Gasteiger partial charge is 0.246 e. The number of fused-ring (bicyclic) bond motifs is 1. The normalized spacial score (nSPS) is 12.5. The van der Waals surface area contributed by atoms with Crippen molar-refractivity contribution in [2.75, 3.05) is 39.2 Å². The molecule has 0 unspecified atom stereocenters. The van der Waals surface area contributed by atoms with Gasteiger partial charge in [0.25, 0.3) is 0 Å². The highest BCUT2D eigenvalue weighted by Gasteiger charge is 2.18. The van der Waals surface area contributed by atoms with E-state index >= 15 is 0 Å². The van der Waals surface area contributed by atoms with E-state index in [4.69, 9.17) is 14.2 Å². The van der Waals surface area contributed by atoms with E-state index in [0.717, 1.165) is 22.4 Å². The summed E-state index contributed by atoms with van der Waals surface area (Å²) in [7, 11) is 3.14. The summed E-state index contributed by atoms with van der Waals surface area (Å²) >= 11 is 0. The van der Waals surface area contributed by atoms with Gasteiger partial charge in [0.1, 0.15) is 13.2 Å². The highest BCUT2D eigenvalue weighted by Crippen LogP contribution is 2.40. The fourth-order valence-electron chi connectivity index (χ4n) is 3.17. The fraction of sp³-hybridized carbons (Fsp3) is 0.304. The average Bonchev–Trinajstić information content (AvgIpc) is 2.74. The molecular weight excluding hydrogens is 384 g/mol. The molecule has 7 heteroatoms. The van der Waals surface area contributed by atoms with Crippen LogP contribution in [0.5, 0.6) is 17.2 Å². The van der Waals surface area contributed by atoms with E-state index in [1.165, 1.54) is 11.0 Å². The van der Waals surface area contributed by atoms with Gasteiger partial charge in [-0.2, -0.15) is 0 Å². The van der Waals surface area contributed by atoms with Crippen molar-refractivity contribution in [2.45, 2.75) is 13.8 Å². The summed E-state index contributed by atoms with van der Waals surface area (Å²) in [5, 5.41) is 2.88. The van der Waals surface area contributed by atoms with E-state index in [1.54, 1.807) is 32.4 Å². The van der Waals surface area contributed by atoms with Crippen molar-refractivity contribution < 1.29 is 23.8 Å². The molecule has 7 nitrogen and oxygen atoms in total. The number of carbonyl (C=O) groups excluding carboxylic acids is 2. The van der Waals surface area contributed by atoms with Crippen LogP contribution in [0.2, 0.25) is 0 Å². The lowest BCUT2D eigenvalue weighted by molar-refractivity contribution is -0.129. The maximum Gasteiger partial charge on any atom is 0.246 e. The van der Waals surface area contributed by atoms with E-state index in [1.807, 2.05) is 32.0 Å². The van der Waals surface area contributed by atoms with Crippen LogP contribution in [0, 0.1) is 13.8 Å². The number of nitrogens with zero attached hydrogens (tertiary/aromatic N) is 1. The lowest BCUT2D eigenvalue weighted by Gasteiger charge is -2.21. The minimum atomic E-state index is -0.291. The predicted molar refractivity (Wildman–Crippen MR) is 115 cm³/mol. The van der Waals surface area contributed by atoms with Crippen LogP contribution < -0.4 is 19.5 Å². The molecule has 0 radical (unpaired) electrons. The second-order valence-electron chi connectivity index (χ2n) is 7.09. The summed E-state index contributed by atoms with van der Waals surface area (Å²) < 4.78 is 16.5. The number of amides is 2. The predicted octanol–water partition coefficient (Wildman–Crippen LogP) is 3.19. The number of benzene rings is 2. The molecule has 2 aromatic carbocycles. The second-order valence-corrected chi connectivity index (χ2v) is 7.09. The van der Waals surface area contributed by atoms with Gasteiger partial charge >= 0.3 is 0 Å². The van der Waals surface area contributed by atoms with Gasteiger partial charge in [-0.15, -0.1) is 0 Å². The molecule has 3 rings (SSSR count). The third-order valence-corrected chi connectivity index (χ3v) is 4.77. The van der Waals surface area contributed by atoms with Crippen molar-refractivity contribution in [3.8, 4) is 17.2 Å². The molecule has 0 aromatic heterocycles. The van der Waals surface area contributed by atoms with E-state index in [0.29, 0.717) is 30.5 Å². The van der Waals surface area contributed by atoms with Crippen LogP contribution in [0.1, 0.15) is 16.7 Å². The topological polar surface area (TPSA) is 77.1 Å². The molecule has 0 saturated carbocycles. The van der Waals surface area contributed by atoms with Crippen molar-refractivity contribution in [3.05, 3.63) is 53.1 Å². The van der Waals surface area contributed by atoms with E-state index in [9.17, 15) is 9.59 Å². The van der Waals surface area contributed by atoms with Crippen LogP contribution in [0.4, 0.5) is 5.69 Å². The molecule has 1 aliphatic heterocycles. The molecule has 1 heterocycles. The molecule has 0 fully saturated rings. The highest BCUT2D eigenvalue weighted by atomic mass is 16.6. The van der Waals surface area contributed by atoms with Gasteiger partial charge in [0.2, 0.25) is 17.6 Å². The molecule has 1 N–H and O–H groups in total. The van der Waals surface area contributed by atoms with Crippen LogP contribution in [0.15, 0.2) is 36.4 Å². The van der Waals surface area contributed by atoms with Crippen LogP contribution in [-0.4, -0.2) is 50.6 Å². The van der Waals surface area contributed by atoms with Gasteiger partial charge in [0, 0.05) is 18.8 Å². The van der Waals surface area contributed by atoms with Crippen LogP contribution in [0.25, 0.3) is 6.08 Å². The van der Waals surface area contributed by atoms with Crippen molar-refractivity contribution in [2.24, 2.45) is 0 Å². The number of anilines is 1. The SMILES string of the molecule is COc1cc(/C=C/C(=O)N(C)CC(=O)Nc2c(C)cccc2C)cc2c1OCCO2. The molecule has 1 aliphatic rings. The van der Waals surface area contributed by atoms with E-state index < -0.39 is 0 Å². The Hall–Kier alpha value is -3.48. The number of rotatable bonds is 6. The molecule has 0 spiro atoms. The van der Waals surface area contributed by atoms with Crippen molar-refractivity contribution >= 4 is 23.6 Å². The molecule has 0 aliphatic carbocycles. The Kier molecular flexibility index (Phi) is 6.61. The van der Waals surface area contributed by atoms with Gasteiger partial charge in [-0.3, -0.25) is 9.59 Å². The number of hydrogen-bond donors (Lipinski definition) is 1. The standard InChI is InChI=1S/C23H26N2O5/c1-15-6-5-7-16(2)22(15)24-20(26)14-25(3)21(27)9-8-17-12-18(28-4)23-19(13-17)29-10-11-30-23/h5-9,12-13H,10-11,14H2,1-4H3,(H,24,26)/b9-8+. The molecule has 0 saturated heterocycles. The minimum absolute atomic E-state index is 0.0542. The lowest BCUT2D eigenvalue weighted by atomic mass is 10.1. The number of aryl methyl sites for hydroxylation is 2. The molecule has 0 atom stereocenters. The zero-order valence-electron chi connectivity index (χ0n) is 17.7. The first-order chi connectivity index (χ1) is 14.4. The Morgan fingerprint density at radius 2 is 1.87 bits per heavy atom. The first-order valence-electron chi connectivity index (χ1n) is 9.66. The maximum atomic E-state index is 12.5. The van der Waals surface area contributed by atoms with Crippen molar-refractivity contribution in [1.82, 2.24) is 4.90 Å². The number of methoxy groups -OCH3 is 1. The summed E-state index contributed by atoms with van der Waals surface area (Å²) in [6.45, 7) is 4.73. The number of likely N-dealkylation sites (N-methyl/N-ethyl adjacent to an activating group) is 1. The molecule has 0 bridgehead atoms. The van der Waals surface area contributed by atoms with Gasteiger partial charge in [-0.1, -0.05) is 18.2 Å². The molecule has 2 aromatic rings. The molecule has 158 valence electrons. The van der Waals surface area contributed by atoms with Crippen LogP contribution in [0.3, 0.4) is 0 Å². The minimum Gasteiger partial charge on any atom is -0.493 e. The van der Waals surface area contributed by atoms with Gasteiger partial charge < -0.3 is 24.4 Å². The molecule has 30 heavy (non-hydrogen) atoms. The lowest BCUT2D eigenvalue weighted by Crippen LogP contribution is -2.34. The summed E-state index contributed by atoms with van der Waals surface area (Å²) in [6.07, 6.45) is 3.07. The Morgan fingerprint density at radius 3 is 2.57 bits per heavy atom. The summed E-state index contributed by atoms with van der Waals surface area (Å²) in [5.74, 6) is 1.14. The first-order valence-corrected chi connectivity index (χ1v) is 9.66. The van der Waals surface area contributed by atoms with E-state index in [2.05, 4.69) is 5.32 Å². The molecular formula is C23H26N2O5. The zero-order valence-corrected chi connectivity index (χ0v) is 17.7. The summed E-state index contributed by atoms with van der Waals surface area (Å²) in [5.41, 5.74) is 3.47. The van der Waals surface area contributed by atoms with E-state index in [-0.39, 0.29) is 18.4 Å². The Balaban J connectivity index is 1.64. The second kappa shape index (κ2) is 9.35. The highest BCUT2D eigenvalue weighted by molar-refractivity contribution is 5.98. The Bertz CT molecular complexity index is 946. The number of hydrogen-bond acceptors (Lipinski definition) is 5. The van der Waals surface area contributed by atoms with Crippen LogP contribution >= 0.6 is 0 Å². The number of ether oxygens (including phenoxy) is 3. The summed E-state index contributed by atoms with van der Waals surface area (Å²) in [4.78, 5) is 26.2. The van der Waals surface area contributed by atoms with Gasteiger partial charge in [-0.05, 0) is 48.7 Å². The van der Waals surface area contributed by atoms with Gasteiger partial charge in [-0.25, -0.2) is 0 Å². The Morgan fingerprint density at radius 1 is 1.17 bits per heavy atom. The third-order valence-electron chi connectivity index (χ3n) is 4.77. The summed E-state index contributed by atoms with van der Waals surface area (Å²) in [6, 6.07) is 9.36. The average molecular weight is 410 g/mol. The maximum absolute atomic E-state index is 12.5. The number of carbonyl (C=O) groups is 2. The third kappa shape index (κ3) is 4.92. The van der Waals surface area contributed by atoms with Crippen LogP contribution in [-0.2, 0) is 9.59 Å². The number of para-hydroxylation sites is 1. The largest absolute Gasteiger partial charge is 0.493 e. The monoisotopic (exact) mass is 410 g/mol. The number of nitrogens with one attached hydrogen (secondary N) is 1. The Labute approximate surface area is 176 Å². The van der Waals surface area contributed by atoms with Crippen molar-refractivity contribution in [3.63, 3.8) is 0 Å². The van der Waals surface area contributed by atoms with Gasteiger partial charge in [0.15, 0.2) is 11.5 Å². The quantitative estimate of drug-likeness (QED) is 0.740. The molecule has 2 amide bonds. The first kappa shape index (κ1) is 21.2. The van der Waals surface area contributed by atoms with Crippen molar-refractivity contribution in [1.29, 1.82) is 0 Å². The fourth-order valence-corrected chi connectivity index (χ4v) is 3.17.